The van der Waals surface area contributed by atoms with Gasteiger partial charge in [-0.25, -0.2) is 0 Å². The Kier molecular flexibility index (Phi) is 9.02. The summed E-state index contributed by atoms with van der Waals surface area (Å²) in [5, 5.41) is 11.7. The van der Waals surface area contributed by atoms with Crippen LogP contribution in [0.2, 0.25) is 0 Å². The van der Waals surface area contributed by atoms with Crippen molar-refractivity contribution in [3.8, 4) is 0 Å². The molecule has 0 heterocycles. The maximum absolute atomic E-state index is 12.9. The molecule has 0 aliphatic heterocycles. The zero-order valence-corrected chi connectivity index (χ0v) is 23.9. The van der Waals surface area contributed by atoms with Gasteiger partial charge in [-0.1, -0.05) is 81.6 Å². The van der Waals surface area contributed by atoms with E-state index in [-0.39, 0.29) is 29.2 Å². The van der Waals surface area contributed by atoms with Crippen LogP contribution in [0.5, 0.6) is 0 Å². The highest BCUT2D eigenvalue weighted by atomic mass is 16.4. The fourth-order valence-electron chi connectivity index (χ4n) is 8.11. The molecular weight excluding hydrogens is 422 g/mol. The minimum atomic E-state index is -0.975. The largest absolute Gasteiger partial charge is 0.480 e. The second-order valence-corrected chi connectivity index (χ2v) is 14.2. The second-order valence-electron chi connectivity index (χ2n) is 14.2. The number of nitrogens with one attached hydrogen (secondary N) is 1. The molecule has 0 spiro atoms. The molecule has 0 aromatic rings. The average Bonchev–Trinajstić information content (AvgIpc) is 2.73. The Labute approximate surface area is 210 Å². The molecule has 2 saturated carbocycles. The SMILES string of the molecule is CCCCC(C)(C)CC[C@](C)(CC)[C@]1(C)CC[C@H]2C(C)(C)[C@@H](C(=O)NCC(=O)O)CC[C@]2(C)C1. The molecule has 4 heteroatoms. The number of fused-ring (bicyclic) bond motifs is 1. The first-order valence-corrected chi connectivity index (χ1v) is 14.1. The molecule has 198 valence electrons. The molecule has 0 aromatic carbocycles. The Morgan fingerprint density at radius 2 is 1.62 bits per heavy atom. The molecule has 0 unspecified atom stereocenters. The van der Waals surface area contributed by atoms with Crippen LogP contribution in [-0.4, -0.2) is 23.5 Å². The summed E-state index contributed by atoms with van der Waals surface area (Å²) in [5.74, 6) is -0.664. The van der Waals surface area contributed by atoms with E-state index in [1.807, 2.05) is 0 Å². The van der Waals surface area contributed by atoms with E-state index >= 15 is 0 Å². The third-order valence-corrected chi connectivity index (χ3v) is 10.9. The van der Waals surface area contributed by atoms with Crippen molar-refractivity contribution < 1.29 is 14.7 Å². The van der Waals surface area contributed by atoms with E-state index in [2.05, 4.69) is 67.6 Å². The van der Waals surface area contributed by atoms with Crippen molar-refractivity contribution in [3.05, 3.63) is 0 Å². The third kappa shape index (κ3) is 6.01. The van der Waals surface area contributed by atoms with E-state index in [0.29, 0.717) is 22.2 Å². The quantitative estimate of drug-likeness (QED) is 0.318. The highest BCUT2D eigenvalue weighted by molar-refractivity contribution is 5.83. The van der Waals surface area contributed by atoms with E-state index in [4.69, 9.17) is 5.11 Å². The average molecular weight is 478 g/mol. The number of hydrogen-bond acceptors (Lipinski definition) is 2. The van der Waals surface area contributed by atoms with Gasteiger partial charge in [0.15, 0.2) is 0 Å². The van der Waals surface area contributed by atoms with Crippen LogP contribution in [0.3, 0.4) is 0 Å². The zero-order chi connectivity index (χ0) is 26.0. The van der Waals surface area contributed by atoms with E-state index in [0.717, 1.165) is 19.3 Å². The molecule has 2 fully saturated rings. The van der Waals surface area contributed by atoms with Gasteiger partial charge in [0.2, 0.25) is 5.91 Å². The molecule has 2 N–H and O–H groups in total. The van der Waals surface area contributed by atoms with Crippen molar-refractivity contribution in [3.63, 3.8) is 0 Å². The number of aliphatic carboxylic acids is 1. The molecule has 34 heavy (non-hydrogen) atoms. The van der Waals surface area contributed by atoms with E-state index < -0.39 is 5.97 Å². The highest BCUT2D eigenvalue weighted by Crippen LogP contribution is 2.67. The molecule has 2 aliphatic carbocycles. The monoisotopic (exact) mass is 477 g/mol. The highest BCUT2D eigenvalue weighted by Gasteiger charge is 2.59. The minimum Gasteiger partial charge on any atom is -0.480 e. The predicted octanol–water partition coefficient (Wildman–Crippen LogP) is 7.85. The van der Waals surface area contributed by atoms with Crippen molar-refractivity contribution in [2.75, 3.05) is 6.54 Å². The maximum Gasteiger partial charge on any atom is 0.322 e. The third-order valence-electron chi connectivity index (χ3n) is 10.9. The van der Waals surface area contributed by atoms with Crippen LogP contribution in [-0.2, 0) is 9.59 Å². The van der Waals surface area contributed by atoms with Gasteiger partial charge in [-0.05, 0) is 84.4 Å². The summed E-state index contributed by atoms with van der Waals surface area (Å²) in [5.41, 5.74) is 1.15. The van der Waals surface area contributed by atoms with Gasteiger partial charge in [-0.2, -0.15) is 0 Å². The summed E-state index contributed by atoms with van der Waals surface area (Å²) < 4.78 is 0. The van der Waals surface area contributed by atoms with Gasteiger partial charge in [0.05, 0.1) is 0 Å². The van der Waals surface area contributed by atoms with Gasteiger partial charge < -0.3 is 10.4 Å². The number of unbranched alkanes of at least 4 members (excludes halogenated alkanes) is 1. The molecule has 5 atom stereocenters. The van der Waals surface area contributed by atoms with E-state index in [1.165, 1.54) is 51.4 Å². The lowest BCUT2D eigenvalue weighted by atomic mass is 9.41. The lowest BCUT2D eigenvalue weighted by Crippen LogP contribution is -2.57. The molecule has 0 saturated heterocycles. The van der Waals surface area contributed by atoms with Crippen LogP contribution < -0.4 is 5.32 Å². The molecule has 0 aromatic heterocycles. The summed E-state index contributed by atoms with van der Waals surface area (Å²) in [6, 6.07) is 0. The van der Waals surface area contributed by atoms with Crippen LogP contribution in [0.1, 0.15) is 133 Å². The fourth-order valence-corrected chi connectivity index (χ4v) is 8.11. The predicted molar refractivity (Wildman–Crippen MR) is 142 cm³/mol. The summed E-state index contributed by atoms with van der Waals surface area (Å²) in [4.78, 5) is 23.9. The molecule has 2 rings (SSSR count). The van der Waals surface area contributed by atoms with Crippen molar-refractivity contribution >= 4 is 11.9 Å². The standard InChI is InChI=1S/C30H55NO3/c1-10-12-15-26(3,4)18-19-29(8,11-2)30(9)17-14-23-27(5,6)22(13-16-28(23,7)21-30)25(34)31-20-24(32)33/h22-23H,10-21H2,1-9H3,(H,31,34)(H,32,33)/t22-,23+,28-,29+,30-/m1/s1. The Hall–Kier alpha value is -1.06. The molecule has 4 nitrogen and oxygen atoms in total. The van der Waals surface area contributed by atoms with Gasteiger partial charge in [-0.3, -0.25) is 9.59 Å². The molecule has 0 radical (unpaired) electrons. The van der Waals surface area contributed by atoms with Gasteiger partial charge in [0.25, 0.3) is 0 Å². The number of carbonyl (C=O) groups excluding carboxylic acids is 1. The molecule has 1 amide bonds. The van der Waals surface area contributed by atoms with Crippen molar-refractivity contribution in [1.82, 2.24) is 5.32 Å². The van der Waals surface area contributed by atoms with Gasteiger partial charge >= 0.3 is 5.97 Å². The number of rotatable bonds is 11. The number of carboxylic acids is 1. The number of carbonyl (C=O) groups is 2. The summed E-state index contributed by atoms with van der Waals surface area (Å²) in [6.07, 6.45) is 13.3. The van der Waals surface area contributed by atoms with Gasteiger partial charge in [0, 0.05) is 5.92 Å². The van der Waals surface area contributed by atoms with Crippen LogP contribution in [0.15, 0.2) is 0 Å². The van der Waals surface area contributed by atoms with E-state index in [1.54, 1.807) is 0 Å². The maximum atomic E-state index is 12.9. The van der Waals surface area contributed by atoms with Crippen LogP contribution in [0, 0.1) is 38.9 Å². The van der Waals surface area contributed by atoms with Crippen LogP contribution >= 0.6 is 0 Å². The van der Waals surface area contributed by atoms with Crippen molar-refractivity contribution in [2.45, 2.75) is 133 Å². The second kappa shape index (κ2) is 10.5. The minimum absolute atomic E-state index is 0.0736. The van der Waals surface area contributed by atoms with Crippen molar-refractivity contribution in [2.24, 2.45) is 38.9 Å². The van der Waals surface area contributed by atoms with Crippen LogP contribution in [0.4, 0.5) is 0 Å². The van der Waals surface area contributed by atoms with Gasteiger partial charge in [0.1, 0.15) is 6.54 Å². The van der Waals surface area contributed by atoms with Crippen LogP contribution in [0.25, 0.3) is 0 Å². The first-order chi connectivity index (χ1) is 15.6. The lowest BCUT2D eigenvalue weighted by molar-refractivity contribution is -0.157. The fraction of sp³-hybridized carbons (Fsp3) is 0.933. The number of hydrogen-bond donors (Lipinski definition) is 2. The van der Waals surface area contributed by atoms with Gasteiger partial charge in [-0.15, -0.1) is 0 Å². The Bertz CT molecular complexity index is 729. The Balaban J connectivity index is 2.19. The molecule has 2 aliphatic rings. The summed E-state index contributed by atoms with van der Waals surface area (Å²) in [7, 11) is 0. The summed E-state index contributed by atoms with van der Waals surface area (Å²) in [6.45, 7) is 21.5. The van der Waals surface area contributed by atoms with E-state index in [9.17, 15) is 9.59 Å². The molecular formula is C30H55NO3. The zero-order valence-electron chi connectivity index (χ0n) is 23.9. The normalized spacial score (nSPS) is 33.0. The summed E-state index contributed by atoms with van der Waals surface area (Å²) >= 11 is 0. The number of carboxylic acid groups (broad SMARTS) is 1. The topological polar surface area (TPSA) is 66.4 Å². The van der Waals surface area contributed by atoms with Crippen molar-refractivity contribution in [1.29, 1.82) is 0 Å². The number of amides is 1. The first-order valence-electron chi connectivity index (χ1n) is 14.1. The Morgan fingerprint density at radius 1 is 0.971 bits per heavy atom. The molecule has 0 bridgehead atoms. The Morgan fingerprint density at radius 3 is 2.18 bits per heavy atom. The smallest absolute Gasteiger partial charge is 0.322 e. The lowest BCUT2D eigenvalue weighted by Gasteiger charge is -2.63. The first kappa shape index (κ1) is 29.2.